The summed E-state index contributed by atoms with van der Waals surface area (Å²) in [5.74, 6) is 1.79. The second kappa shape index (κ2) is 10.3. The van der Waals surface area contributed by atoms with Crippen molar-refractivity contribution in [1.82, 2.24) is 9.88 Å². The average Bonchev–Trinajstić information content (AvgIpc) is 3.19. The lowest BCUT2D eigenvalue weighted by Crippen LogP contribution is -2.37. The summed E-state index contributed by atoms with van der Waals surface area (Å²) in [7, 11) is 0. The van der Waals surface area contributed by atoms with Crippen molar-refractivity contribution in [3.05, 3.63) is 48.5 Å². The van der Waals surface area contributed by atoms with E-state index < -0.39 is 0 Å². The van der Waals surface area contributed by atoms with Crippen LogP contribution in [0.15, 0.2) is 52.9 Å². The second-order valence-electron chi connectivity index (χ2n) is 7.66. The quantitative estimate of drug-likeness (QED) is 0.462. The number of piperidine rings is 1. The van der Waals surface area contributed by atoms with Crippen molar-refractivity contribution in [2.75, 3.05) is 32.8 Å². The number of para-hydroxylation sites is 2. The first-order valence-electron chi connectivity index (χ1n) is 10.8. The lowest BCUT2D eigenvalue weighted by atomic mass is 9.94. The van der Waals surface area contributed by atoms with Gasteiger partial charge in [0.05, 0.1) is 6.61 Å². The maximum atomic E-state index is 11.6. The number of nitrogens with zero attached hydrogens (tertiary/aromatic N) is 2. The van der Waals surface area contributed by atoms with E-state index in [0.717, 1.165) is 43.7 Å². The normalized spacial score (nSPS) is 15.1. The molecule has 0 bridgehead atoms. The molecule has 1 aliphatic rings. The number of esters is 1. The Balaban J connectivity index is 1.17. The van der Waals surface area contributed by atoms with Crippen LogP contribution in [-0.4, -0.2) is 48.7 Å². The molecule has 164 valence electrons. The highest BCUT2D eigenvalue weighted by atomic mass is 16.6. The molecule has 0 radical (unpaired) electrons. The molecule has 2 aromatic carbocycles. The minimum Gasteiger partial charge on any atom is -0.492 e. The number of ether oxygens (including phenoxy) is 3. The van der Waals surface area contributed by atoms with Crippen molar-refractivity contribution in [1.29, 1.82) is 0 Å². The van der Waals surface area contributed by atoms with Crippen LogP contribution in [0.3, 0.4) is 0 Å². The fourth-order valence-corrected chi connectivity index (χ4v) is 3.76. The molecule has 0 aliphatic carbocycles. The van der Waals surface area contributed by atoms with Gasteiger partial charge in [0.1, 0.15) is 23.6 Å². The highest BCUT2D eigenvalue weighted by molar-refractivity contribution is 5.72. The number of oxazole rings is 1. The zero-order valence-electron chi connectivity index (χ0n) is 17.8. The molecule has 7 heteroatoms. The fraction of sp³-hybridized carbons (Fsp3) is 0.417. The van der Waals surface area contributed by atoms with Gasteiger partial charge in [-0.2, -0.15) is 4.98 Å². The van der Waals surface area contributed by atoms with Crippen molar-refractivity contribution in [3.63, 3.8) is 0 Å². The molecule has 1 aliphatic heterocycles. The monoisotopic (exact) mass is 424 g/mol. The van der Waals surface area contributed by atoms with Gasteiger partial charge in [-0.15, -0.1) is 0 Å². The van der Waals surface area contributed by atoms with Gasteiger partial charge < -0.3 is 18.6 Å². The highest BCUT2D eigenvalue weighted by Crippen LogP contribution is 2.27. The number of carbonyl (C=O) groups excluding carboxylic acids is 1. The Morgan fingerprint density at radius 1 is 1.10 bits per heavy atom. The summed E-state index contributed by atoms with van der Waals surface area (Å²) in [5, 5.41) is 0. The zero-order chi connectivity index (χ0) is 21.5. The third-order valence-electron chi connectivity index (χ3n) is 5.45. The van der Waals surface area contributed by atoms with E-state index in [1.807, 2.05) is 55.5 Å². The number of hydrogen-bond donors (Lipinski definition) is 0. The van der Waals surface area contributed by atoms with Gasteiger partial charge in [-0.3, -0.25) is 9.69 Å². The molecule has 0 amide bonds. The van der Waals surface area contributed by atoms with Crippen molar-refractivity contribution >= 4 is 17.1 Å². The van der Waals surface area contributed by atoms with Gasteiger partial charge in [-0.25, -0.2) is 0 Å². The summed E-state index contributed by atoms with van der Waals surface area (Å²) in [6.45, 7) is 5.77. The minimum atomic E-state index is -0.0761. The molecule has 1 fully saturated rings. The van der Waals surface area contributed by atoms with Gasteiger partial charge in [0.2, 0.25) is 0 Å². The van der Waals surface area contributed by atoms with E-state index in [1.54, 1.807) is 0 Å². The van der Waals surface area contributed by atoms with Crippen LogP contribution in [0.4, 0.5) is 0 Å². The standard InChI is InChI=1S/C24H28N2O5/c1-2-28-23(27)17-18-11-13-26(14-12-18)15-16-29-19-7-9-20(10-8-19)30-24-25-21-5-3-4-6-22(21)31-24/h3-10,18H,2,11-17H2,1H3. The van der Waals surface area contributed by atoms with Crippen LogP contribution in [0.25, 0.3) is 11.1 Å². The van der Waals surface area contributed by atoms with E-state index in [9.17, 15) is 4.79 Å². The highest BCUT2D eigenvalue weighted by Gasteiger charge is 2.21. The first-order chi connectivity index (χ1) is 15.2. The van der Waals surface area contributed by atoms with E-state index in [1.165, 1.54) is 0 Å². The van der Waals surface area contributed by atoms with Crippen molar-refractivity contribution in [2.24, 2.45) is 5.92 Å². The maximum absolute atomic E-state index is 11.6. The molecule has 0 saturated carbocycles. The maximum Gasteiger partial charge on any atom is 0.400 e. The molecule has 31 heavy (non-hydrogen) atoms. The number of benzene rings is 2. The van der Waals surface area contributed by atoms with Crippen LogP contribution >= 0.6 is 0 Å². The van der Waals surface area contributed by atoms with E-state index in [0.29, 0.717) is 36.9 Å². The summed E-state index contributed by atoms with van der Waals surface area (Å²) in [6, 6.07) is 15.0. The SMILES string of the molecule is CCOC(=O)CC1CCN(CCOc2ccc(Oc3nc4ccccc4o3)cc2)CC1. The molecular formula is C24H28N2O5. The summed E-state index contributed by atoms with van der Waals surface area (Å²) < 4.78 is 22.2. The summed E-state index contributed by atoms with van der Waals surface area (Å²) in [6.07, 6.45) is 2.82. The number of likely N-dealkylation sites (tertiary alicyclic amines) is 1. The molecule has 4 rings (SSSR count). The molecule has 2 heterocycles. The lowest BCUT2D eigenvalue weighted by molar-refractivity contribution is -0.144. The molecule has 0 N–H and O–H groups in total. The van der Waals surface area contributed by atoms with Crippen LogP contribution < -0.4 is 9.47 Å². The summed E-state index contributed by atoms with van der Waals surface area (Å²) in [5.41, 5.74) is 1.46. The van der Waals surface area contributed by atoms with Gasteiger partial charge in [0.15, 0.2) is 5.58 Å². The summed E-state index contributed by atoms with van der Waals surface area (Å²) >= 11 is 0. The van der Waals surface area contributed by atoms with Crippen LogP contribution in [0.5, 0.6) is 17.6 Å². The van der Waals surface area contributed by atoms with E-state index >= 15 is 0 Å². The molecule has 0 atom stereocenters. The zero-order valence-corrected chi connectivity index (χ0v) is 17.8. The van der Waals surface area contributed by atoms with Gasteiger partial charge >= 0.3 is 12.0 Å². The Morgan fingerprint density at radius 2 is 1.84 bits per heavy atom. The van der Waals surface area contributed by atoms with Crippen molar-refractivity contribution in [2.45, 2.75) is 26.2 Å². The smallest absolute Gasteiger partial charge is 0.400 e. The number of hydrogen-bond acceptors (Lipinski definition) is 7. The fourth-order valence-electron chi connectivity index (χ4n) is 3.76. The first-order valence-corrected chi connectivity index (χ1v) is 10.8. The third kappa shape index (κ3) is 5.98. The molecule has 7 nitrogen and oxygen atoms in total. The van der Waals surface area contributed by atoms with E-state index in [-0.39, 0.29) is 12.0 Å². The summed E-state index contributed by atoms with van der Waals surface area (Å²) in [4.78, 5) is 18.3. The first kappa shape index (κ1) is 21.2. The lowest BCUT2D eigenvalue weighted by Gasteiger charge is -2.31. The Hall–Kier alpha value is -3.06. The third-order valence-corrected chi connectivity index (χ3v) is 5.45. The molecule has 1 saturated heterocycles. The second-order valence-corrected chi connectivity index (χ2v) is 7.66. The Kier molecular flexibility index (Phi) is 7.04. The Labute approximate surface area is 181 Å². The van der Waals surface area contributed by atoms with E-state index in [2.05, 4.69) is 9.88 Å². The molecule has 0 spiro atoms. The molecule has 1 aromatic heterocycles. The van der Waals surface area contributed by atoms with Crippen LogP contribution in [0, 0.1) is 5.92 Å². The van der Waals surface area contributed by atoms with E-state index in [4.69, 9.17) is 18.6 Å². The van der Waals surface area contributed by atoms with Gasteiger partial charge in [-0.1, -0.05) is 12.1 Å². The van der Waals surface area contributed by atoms with Crippen molar-refractivity contribution < 1.29 is 23.4 Å². The van der Waals surface area contributed by atoms with Crippen LogP contribution in [0.1, 0.15) is 26.2 Å². The van der Waals surface area contributed by atoms with Crippen LogP contribution in [0.2, 0.25) is 0 Å². The minimum absolute atomic E-state index is 0.0761. The largest absolute Gasteiger partial charge is 0.492 e. The van der Waals surface area contributed by atoms with Gasteiger partial charge in [0, 0.05) is 13.0 Å². The van der Waals surface area contributed by atoms with Gasteiger partial charge in [0.25, 0.3) is 0 Å². The molecular weight excluding hydrogens is 396 g/mol. The van der Waals surface area contributed by atoms with Crippen LogP contribution in [-0.2, 0) is 9.53 Å². The molecule has 3 aromatic rings. The average molecular weight is 424 g/mol. The predicted molar refractivity (Wildman–Crippen MR) is 116 cm³/mol. The Morgan fingerprint density at radius 3 is 2.58 bits per heavy atom. The van der Waals surface area contributed by atoms with Gasteiger partial charge in [-0.05, 0) is 75.2 Å². The number of rotatable bonds is 9. The molecule has 0 unspecified atom stereocenters. The number of aromatic nitrogens is 1. The predicted octanol–water partition coefficient (Wildman–Crippen LogP) is 4.66. The number of carbonyl (C=O) groups is 1. The van der Waals surface area contributed by atoms with Crippen molar-refractivity contribution in [3.8, 4) is 17.6 Å². The topological polar surface area (TPSA) is 74.0 Å². The number of fused-ring (bicyclic) bond motifs is 1. The Bertz CT molecular complexity index is 944.